The van der Waals surface area contributed by atoms with E-state index in [-0.39, 0.29) is 0 Å². The molecule has 4 nitrogen and oxygen atoms in total. The summed E-state index contributed by atoms with van der Waals surface area (Å²) in [6, 6.07) is 20.8. The fourth-order valence-electron chi connectivity index (χ4n) is 3.39. The molecule has 4 aromatic rings. The van der Waals surface area contributed by atoms with Crippen LogP contribution in [0.15, 0.2) is 71.4 Å². The van der Waals surface area contributed by atoms with Crippen molar-refractivity contribution in [1.29, 1.82) is 0 Å². The molecule has 0 bridgehead atoms. The molecule has 5 rings (SSSR count). The van der Waals surface area contributed by atoms with Gasteiger partial charge in [0.15, 0.2) is 10.3 Å². The molecular formula is C22H20N4S2. The zero-order chi connectivity index (χ0) is 18.8. The predicted molar refractivity (Wildman–Crippen MR) is 120 cm³/mol. The van der Waals surface area contributed by atoms with Crippen molar-refractivity contribution in [1.82, 2.24) is 9.97 Å². The van der Waals surface area contributed by atoms with Crippen LogP contribution in [0.1, 0.15) is 0 Å². The summed E-state index contributed by atoms with van der Waals surface area (Å²) < 4.78 is 0. The van der Waals surface area contributed by atoms with Crippen LogP contribution >= 0.6 is 22.7 Å². The van der Waals surface area contributed by atoms with Gasteiger partial charge >= 0.3 is 0 Å². The van der Waals surface area contributed by atoms with Gasteiger partial charge in [-0.3, -0.25) is 0 Å². The zero-order valence-electron chi connectivity index (χ0n) is 15.4. The highest BCUT2D eigenvalue weighted by molar-refractivity contribution is 7.14. The molecule has 0 amide bonds. The van der Waals surface area contributed by atoms with Crippen LogP contribution in [0.25, 0.3) is 22.5 Å². The molecule has 0 atom stereocenters. The van der Waals surface area contributed by atoms with Gasteiger partial charge in [-0.1, -0.05) is 60.7 Å². The molecule has 3 heterocycles. The first-order chi connectivity index (χ1) is 13.9. The Morgan fingerprint density at radius 1 is 0.571 bits per heavy atom. The molecule has 1 aliphatic heterocycles. The number of rotatable bonds is 4. The largest absolute Gasteiger partial charge is 0.345 e. The maximum absolute atomic E-state index is 4.86. The lowest BCUT2D eigenvalue weighted by Crippen LogP contribution is -2.46. The van der Waals surface area contributed by atoms with E-state index in [2.05, 4.69) is 69.1 Å². The van der Waals surface area contributed by atoms with Crippen LogP contribution in [-0.2, 0) is 0 Å². The number of aromatic nitrogens is 2. The van der Waals surface area contributed by atoms with Crippen LogP contribution < -0.4 is 9.80 Å². The average molecular weight is 405 g/mol. The highest BCUT2D eigenvalue weighted by Crippen LogP contribution is 2.31. The van der Waals surface area contributed by atoms with E-state index in [1.165, 1.54) is 11.1 Å². The standard InChI is InChI=1S/C22H20N4S2/c1-3-7-17(8-4-1)19-15-27-21(23-19)25-11-13-26(14-12-25)22-24-20(16-28-22)18-9-5-2-6-10-18/h1-10,15-16H,11-14H2. The third-order valence-corrected chi connectivity index (χ3v) is 6.75. The van der Waals surface area contributed by atoms with Crippen molar-refractivity contribution in [2.24, 2.45) is 0 Å². The highest BCUT2D eigenvalue weighted by Gasteiger charge is 2.22. The van der Waals surface area contributed by atoms with E-state index in [0.717, 1.165) is 47.8 Å². The minimum atomic E-state index is 0.974. The molecule has 1 aliphatic rings. The topological polar surface area (TPSA) is 32.3 Å². The summed E-state index contributed by atoms with van der Waals surface area (Å²) in [7, 11) is 0. The molecule has 0 spiro atoms. The number of hydrogen-bond acceptors (Lipinski definition) is 6. The van der Waals surface area contributed by atoms with Crippen molar-refractivity contribution >= 4 is 32.9 Å². The van der Waals surface area contributed by atoms with Gasteiger partial charge < -0.3 is 9.80 Å². The van der Waals surface area contributed by atoms with E-state index in [9.17, 15) is 0 Å². The fourth-order valence-corrected chi connectivity index (χ4v) is 5.17. The van der Waals surface area contributed by atoms with Crippen molar-refractivity contribution < 1.29 is 0 Å². The van der Waals surface area contributed by atoms with E-state index in [0.29, 0.717) is 0 Å². The zero-order valence-corrected chi connectivity index (χ0v) is 17.0. The molecule has 0 aliphatic carbocycles. The van der Waals surface area contributed by atoms with Gasteiger partial charge in [0.1, 0.15) is 0 Å². The van der Waals surface area contributed by atoms with E-state index in [4.69, 9.17) is 9.97 Å². The van der Waals surface area contributed by atoms with Gasteiger partial charge in [0.2, 0.25) is 0 Å². The Morgan fingerprint density at radius 3 is 1.36 bits per heavy atom. The normalized spacial score (nSPS) is 14.4. The monoisotopic (exact) mass is 404 g/mol. The predicted octanol–water partition coefficient (Wildman–Crippen LogP) is 5.26. The number of nitrogens with zero attached hydrogens (tertiary/aromatic N) is 4. The summed E-state index contributed by atoms with van der Waals surface area (Å²) in [6.45, 7) is 3.90. The summed E-state index contributed by atoms with van der Waals surface area (Å²) in [4.78, 5) is 14.5. The van der Waals surface area contributed by atoms with Crippen molar-refractivity contribution in [2.75, 3.05) is 36.0 Å². The second kappa shape index (κ2) is 7.73. The van der Waals surface area contributed by atoms with Gasteiger partial charge in [-0.2, -0.15) is 0 Å². The van der Waals surface area contributed by atoms with E-state index >= 15 is 0 Å². The van der Waals surface area contributed by atoms with Gasteiger partial charge in [0, 0.05) is 48.1 Å². The van der Waals surface area contributed by atoms with Crippen molar-refractivity contribution in [3.8, 4) is 22.5 Å². The number of piperazine rings is 1. The van der Waals surface area contributed by atoms with Crippen LogP contribution in [0.2, 0.25) is 0 Å². The first kappa shape index (κ1) is 17.4. The number of thiazole rings is 2. The van der Waals surface area contributed by atoms with Crippen molar-refractivity contribution in [3.05, 3.63) is 71.4 Å². The number of hydrogen-bond donors (Lipinski definition) is 0. The Balaban J connectivity index is 1.25. The summed E-state index contributed by atoms with van der Waals surface area (Å²) in [5, 5.41) is 6.54. The lowest BCUT2D eigenvalue weighted by molar-refractivity contribution is 0.651. The summed E-state index contributed by atoms with van der Waals surface area (Å²) in [5.74, 6) is 0. The van der Waals surface area contributed by atoms with Crippen LogP contribution in [0, 0.1) is 0 Å². The molecule has 2 aromatic heterocycles. The van der Waals surface area contributed by atoms with Gasteiger partial charge in [-0.15, -0.1) is 22.7 Å². The lowest BCUT2D eigenvalue weighted by Gasteiger charge is -2.34. The maximum atomic E-state index is 4.86. The second-order valence-electron chi connectivity index (χ2n) is 6.74. The molecule has 1 saturated heterocycles. The SMILES string of the molecule is c1ccc(-c2csc(N3CCN(c4nc(-c5ccccc5)cs4)CC3)n2)cc1. The first-order valence-electron chi connectivity index (χ1n) is 9.38. The van der Waals surface area contributed by atoms with Gasteiger partial charge in [-0.05, 0) is 0 Å². The summed E-state index contributed by atoms with van der Waals surface area (Å²) in [5.41, 5.74) is 4.49. The Morgan fingerprint density at radius 2 is 0.964 bits per heavy atom. The molecule has 0 unspecified atom stereocenters. The van der Waals surface area contributed by atoms with Crippen LogP contribution in [0.5, 0.6) is 0 Å². The van der Waals surface area contributed by atoms with Gasteiger partial charge in [0.05, 0.1) is 11.4 Å². The van der Waals surface area contributed by atoms with Crippen LogP contribution in [-0.4, -0.2) is 36.1 Å². The van der Waals surface area contributed by atoms with Crippen LogP contribution in [0.3, 0.4) is 0 Å². The third kappa shape index (κ3) is 3.53. The molecule has 140 valence electrons. The van der Waals surface area contributed by atoms with E-state index in [1.54, 1.807) is 22.7 Å². The molecule has 0 N–H and O–H groups in total. The Bertz CT molecular complexity index is 949. The molecular weight excluding hydrogens is 384 g/mol. The van der Waals surface area contributed by atoms with Gasteiger partial charge in [-0.25, -0.2) is 9.97 Å². The highest BCUT2D eigenvalue weighted by atomic mass is 32.1. The van der Waals surface area contributed by atoms with Crippen molar-refractivity contribution in [2.45, 2.75) is 0 Å². The van der Waals surface area contributed by atoms with E-state index < -0.39 is 0 Å². The van der Waals surface area contributed by atoms with Crippen LogP contribution in [0.4, 0.5) is 10.3 Å². The quantitative estimate of drug-likeness (QED) is 0.464. The first-order valence-corrected chi connectivity index (χ1v) is 11.1. The Hall–Kier alpha value is -2.70. The molecule has 1 fully saturated rings. The molecule has 28 heavy (non-hydrogen) atoms. The number of benzene rings is 2. The van der Waals surface area contributed by atoms with Gasteiger partial charge in [0.25, 0.3) is 0 Å². The average Bonchev–Trinajstić information content (AvgIpc) is 3.46. The Kier molecular flexibility index (Phi) is 4.81. The second-order valence-corrected chi connectivity index (χ2v) is 8.41. The van der Waals surface area contributed by atoms with Crippen molar-refractivity contribution in [3.63, 3.8) is 0 Å². The smallest absolute Gasteiger partial charge is 0.185 e. The molecule has 0 saturated carbocycles. The Labute approximate surface area is 172 Å². The molecule has 6 heteroatoms. The fraction of sp³-hybridized carbons (Fsp3) is 0.182. The molecule has 0 radical (unpaired) electrons. The lowest BCUT2D eigenvalue weighted by atomic mass is 10.2. The maximum Gasteiger partial charge on any atom is 0.185 e. The van der Waals surface area contributed by atoms with E-state index in [1.807, 2.05) is 12.1 Å². The molecule has 2 aromatic carbocycles. The summed E-state index contributed by atoms with van der Waals surface area (Å²) in [6.07, 6.45) is 0. The summed E-state index contributed by atoms with van der Waals surface area (Å²) >= 11 is 3.47. The number of anilines is 2. The third-order valence-electron chi connectivity index (χ3n) is 4.94. The minimum Gasteiger partial charge on any atom is -0.345 e. The minimum absolute atomic E-state index is 0.974.